The van der Waals surface area contributed by atoms with Gasteiger partial charge in [0.2, 0.25) is 5.91 Å². The molecule has 1 rings (SSSR count). The third-order valence-corrected chi connectivity index (χ3v) is 2.85. The molecule has 94 valence electrons. The van der Waals surface area contributed by atoms with Gasteiger partial charge in [0.15, 0.2) is 0 Å². The molecule has 0 bridgehead atoms. The van der Waals surface area contributed by atoms with Gasteiger partial charge in [-0.25, -0.2) is 0 Å². The third kappa shape index (κ3) is 5.75. The first-order valence-electron chi connectivity index (χ1n) is 5.77. The summed E-state index contributed by atoms with van der Waals surface area (Å²) in [7, 11) is 0. The zero-order valence-corrected chi connectivity index (χ0v) is 10.9. The Morgan fingerprint density at radius 2 is 2.06 bits per heavy atom. The van der Waals surface area contributed by atoms with Crippen molar-refractivity contribution < 1.29 is 9.90 Å². The van der Waals surface area contributed by atoms with Crippen LogP contribution in [-0.2, 0) is 11.2 Å². The molecule has 0 radical (unpaired) electrons. The first kappa shape index (κ1) is 14.1. The molecular formula is C13H19NO2S. The van der Waals surface area contributed by atoms with Crippen molar-refractivity contribution in [3.05, 3.63) is 35.9 Å². The molecule has 0 fully saturated rings. The Labute approximate surface area is 108 Å². The molecule has 0 saturated heterocycles. The van der Waals surface area contributed by atoms with E-state index in [1.54, 1.807) is 6.92 Å². The second-order valence-electron chi connectivity index (χ2n) is 4.13. The van der Waals surface area contributed by atoms with Crippen LogP contribution in [0.25, 0.3) is 0 Å². The van der Waals surface area contributed by atoms with E-state index in [2.05, 4.69) is 17.9 Å². The Kier molecular flexibility index (Phi) is 6.08. The number of rotatable bonds is 6. The van der Waals surface area contributed by atoms with E-state index in [0.29, 0.717) is 19.4 Å². The van der Waals surface area contributed by atoms with Crippen molar-refractivity contribution in [1.29, 1.82) is 0 Å². The molecule has 0 spiro atoms. The molecule has 2 N–H and O–H groups in total. The lowest BCUT2D eigenvalue weighted by molar-refractivity contribution is -0.120. The van der Waals surface area contributed by atoms with Crippen molar-refractivity contribution in [3.8, 4) is 0 Å². The molecule has 0 aliphatic carbocycles. The lowest BCUT2D eigenvalue weighted by Crippen LogP contribution is -2.34. The predicted molar refractivity (Wildman–Crippen MR) is 72.2 cm³/mol. The number of carbonyl (C=O) groups excluding carboxylic acids is 1. The van der Waals surface area contributed by atoms with Crippen molar-refractivity contribution in [2.24, 2.45) is 0 Å². The maximum Gasteiger partial charge on any atom is 0.233 e. The van der Waals surface area contributed by atoms with E-state index in [9.17, 15) is 4.79 Å². The summed E-state index contributed by atoms with van der Waals surface area (Å²) in [5, 5.41) is 11.5. The van der Waals surface area contributed by atoms with Crippen LogP contribution in [0, 0.1) is 0 Å². The fourth-order valence-corrected chi connectivity index (χ4v) is 1.75. The van der Waals surface area contributed by atoms with Crippen molar-refractivity contribution in [2.45, 2.75) is 31.1 Å². The van der Waals surface area contributed by atoms with Gasteiger partial charge in [0.05, 0.1) is 11.4 Å². The van der Waals surface area contributed by atoms with Crippen LogP contribution in [0.15, 0.2) is 30.3 Å². The molecule has 0 aliphatic heterocycles. The van der Waals surface area contributed by atoms with Gasteiger partial charge < -0.3 is 10.4 Å². The van der Waals surface area contributed by atoms with Crippen molar-refractivity contribution >= 4 is 18.5 Å². The van der Waals surface area contributed by atoms with Crippen LogP contribution < -0.4 is 5.32 Å². The Morgan fingerprint density at radius 1 is 1.41 bits per heavy atom. The summed E-state index contributed by atoms with van der Waals surface area (Å²) < 4.78 is 0. The summed E-state index contributed by atoms with van der Waals surface area (Å²) >= 11 is 4.29. The predicted octanol–water partition coefficient (Wildman–Crippen LogP) is 1.41. The SMILES string of the molecule is CC(O)CCNC(=O)C(S)Cc1ccccc1. The van der Waals surface area contributed by atoms with E-state index >= 15 is 0 Å². The number of aliphatic hydroxyl groups excluding tert-OH is 1. The second kappa shape index (κ2) is 7.35. The van der Waals surface area contributed by atoms with Crippen molar-refractivity contribution in [1.82, 2.24) is 5.32 Å². The van der Waals surface area contributed by atoms with Gasteiger partial charge in [0.1, 0.15) is 0 Å². The van der Waals surface area contributed by atoms with Gasteiger partial charge in [-0.05, 0) is 25.3 Å². The molecule has 0 aromatic heterocycles. The molecule has 0 aliphatic rings. The minimum Gasteiger partial charge on any atom is -0.393 e. The molecule has 1 aromatic carbocycles. The molecule has 17 heavy (non-hydrogen) atoms. The molecule has 2 atom stereocenters. The molecule has 2 unspecified atom stereocenters. The van der Waals surface area contributed by atoms with Crippen LogP contribution in [0.4, 0.5) is 0 Å². The summed E-state index contributed by atoms with van der Waals surface area (Å²) in [6.07, 6.45) is 0.796. The average molecular weight is 253 g/mol. The maximum atomic E-state index is 11.7. The number of thiol groups is 1. The summed E-state index contributed by atoms with van der Waals surface area (Å²) in [5.74, 6) is -0.0853. The van der Waals surface area contributed by atoms with Crippen LogP contribution in [0.2, 0.25) is 0 Å². The Hall–Kier alpha value is -1.00. The normalized spacial score (nSPS) is 14.1. The third-order valence-electron chi connectivity index (χ3n) is 2.44. The standard InChI is InChI=1S/C13H19NO2S/c1-10(15)7-8-14-13(16)12(17)9-11-5-3-2-4-6-11/h2-6,10,12,15,17H,7-9H2,1H3,(H,14,16). The maximum absolute atomic E-state index is 11.7. The minimum atomic E-state index is -0.386. The van der Waals surface area contributed by atoms with E-state index in [-0.39, 0.29) is 17.3 Å². The van der Waals surface area contributed by atoms with Crippen molar-refractivity contribution in [3.63, 3.8) is 0 Å². The van der Waals surface area contributed by atoms with E-state index in [1.807, 2.05) is 30.3 Å². The summed E-state index contributed by atoms with van der Waals surface area (Å²) in [5.41, 5.74) is 1.10. The number of carbonyl (C=O) groups is 1. The number of hydrogen-bond donors (Lipinski definition) is 3. The van der Waals surface area contributed by atoms with Crippen LogP contribution in [-0.4, -0.2) is 28.9 Å². The van der Waals surface area contributed by atoms with Gasteiger partial charge in [-0.1, -0.05) is 30.3 Å². The largest absolute Gasteiger partial charge is 0.393 e. The number of nitrogens with one attached hydrogen (secondary N) is 1. The lowest BCUT2D eigenvalue weighted by Gasteiger charge is -2.12. The van der Waals surface area contributed by atoms with Crippen LogP contribution in [0.3, 0.4) is 0 Å². The van der Waals surface area contributed by atoms with Gasteiger partial charge in [0.25, 0.3) is 0 Å². The second-order valence-corrected chi connectivity index (χ2v) is 4.76. The fourth-order valence-electron chi connectivity index (χ4n) is 1.45. The first-order valence-corrected chi connectivity index (χ1v) is 6.29. The molecule has 0 heterocycles. The molecule has 1 aromatic rings. The highest BCUT2D eigenvalue weighted by atomic mass is 32.1. The molecule has 0 saturated carbocycles. The Morgan fingerprint density at radius 3 is 2.65 bits per heavy atom. The summed E-state index contributed by atoms with van der Waals surface area (Å²) in [6.45, 7) is 2.19. The monoisotopic (exact) mass is 253 g/mol. The summed E-state index contributed by atoms with van der Waals surface area (Å²) in [6, 6.07) is 9.79. The van der Waals surface area contributed by atoms with Gasteiger partial charge in [0, 0.05) is 6.54 Å². The van der Waals surface area contributed by atoms with E-state index in [4.69, 9.17) is 5.11 Å². The van der Waals surface area contributed by atoms with Crippen LogP contribution in [0.5, 0.6) is 0 Å². The van der Waals surface area contributed by atoms with Gasteiger partial charge >= 0.3 is 0 Å². The van der Waals surface area contributed by atoms with E-state index < -0.39 is 0 Å². The van der Waals surface area contributed by atoms with Crippen molar-refractivity contribution in [2.75, 3.05) is 6.54 Å². The van der Waals surface area contributed by atoms with Crippen LogP contribution in [0.1, 0.15) is 18.9 Å². The highest BCUT2D eigenvalue weighted by Gasteiger charge is 2.13. The van der Waals surface area contributed by atoms with Gasteiger partial charge in [-0.2, -0.15) is 12.6 Å². The first-order chi connectivity index (χ1) is 8.09. The van der Waals surface area contributed by atoms with E-state index in [0.717, 1.165) is 5.56 Å². The zero-order valence-electron chi connectivity index (χ0n) is 9.97. The quantitative estimate of drug-likeness (QED) is 0.671. The Bertz CT molecular complexity index is 341. The topological polar surface area (TPSA) is 49.3 Å². The van der Waals surface area contributed by atoms with Crippen LogP contribution >= 0.6 is 12.6 Å². The Balaban J connectivity index is 2.32. The van der Waals surface area contributed by atoms with E-state index in [1.165, 1.54) is 0 Å². The molecule has 3 nitrogen and oxygen atoms in total. The number of benzene rings is 1. The number of aliphatic hydroxyl groups is 1. The minimum absolute atomic E-state index is 0.0853. The summed E-state index contributed by atoms with van der Waals surface area (Å²) in [4.78, 5) is 11.7. The zero-order chi connectivity index (χ0) is 12.7. The highest BCUT2D eigenvalue weighted by molar-refractivity contribution is 7.81. The lowest BCUT2D eigenvalue weighted by atomic mass is 10.1. The number of hydrogen-bond acceptors (Lipinski definition) is 3. The molecular weight excluding hydrogens is 234 g/mol. The smallest absolute Gasteiger partial charge is 0.233 e. The molecule has 4 heteroatoms. The average Bonchev–Trinajstić information content (AvgIpc) is 2.29. The number of amides is 1. The van der Waals surface area contributed by atoms with Gasteiger partial charge in [-0.3, -0.25) is 4.79 Å². The highest BCUT2D eigenvalue weighted by Crippen LogP contribution is 2.07. The van der Waals surface area contributed by atoms with Gasteiger partial charge in [-0.15, -0.1) is 0 Å². The fraction of sp³-hybridized carbons (Fsp3) is 0.462. The molecule has 1 amide bonds.